The summed E-state index contributed by atoms with van der Waals surface area (Å²) in [6.45, 7) is -1.30. The maximum Gasteiger partial charge on any atom is 0.406 e. The molecule has 0 aliphatic rings. The van der Waals surface area contributed by atoms with Gasteiger partial charge in [0.25, 0.3) is 0 Å². The zero-order valence-electron chi connectivity index (χ0n) is 17.5. The summed E-state index contributed by atoms with van der Waals surface area (Å²) < 4.78 is 44.7. The Morgan fingerprint density at radius 1 is 1.06 bits per heavy atom. The fourth-order valence-electron chi connectivity index (χ4n) is 2.92. The Morgan fingerprint density at radius 3 is 2.39 bits per heavy atom. The first kappa shape index (κ1) is 23.5. The molecule has 0 aliphatic heterocycles. The van der Waals surface area contributed by atoms with E-state index < -0.39 is 18.6 Å². The van der Waals surface area contributed by atoms with Crippen LogP contribution >= 0.6 is 0 Å². The molecule has 1 amide bonds. The third-order valence-electron chi connectivity index (χ3n) is 4.55. The first-order valence-electron chi connectivity index (χ1n) is 9.98. The normalized spacial score (nSPS) is 11.2. The highest BCUT2D eigenvalue weighted by Gasteiger charge is 2.32. The summed E-state index contributed by atoms with van der Waals surface area (Å²) in [5.41, 5.74) is 2.30. The van der Waals surface area contributed by atoms with E-state index in [2.05, 4.69) is 4.98 Å². The van der Waals surface area contributed by atoms with E-state index in [1.54, 1.807) is 30.5 Å². The smallest absolute Gasteiger partial charge is 0.406 e. The second-order valence-corrected chi connectivity index (χ2v) is 7.13. The number of carbonyl (C=O) groups is 1. The molecule has 3 aromatic rings. The number of alkyl halides is 3. The molecule has 2 aromatic carbocycles. The van der Waals surface area contributed by atoms with Crippen molar-refractivity contribution in [2.24, 2.45) is 0 Å². The maximum atomic E-state index is 13.0. The van der Waals surface area contributed by atoms with E-state index in [9.17, 15) is 18.0 Å². The number of rotatable bonds is 8. The number of halogens is 3. The number of carbonyl (C=O) groups excluding carboxylic acids is 1. The van der Waals surface area contributed by atoms with Gasteiger partial charge in [-0.25, -0.2) is 0 Å². The summed E-state index contributed by atoms with van der Waals surface area (Å²) in [6, 6.07) is 20.3. The topological polar surface area (TPSA) is 66.2 Å². The first-order valence-corrected chi connectivity index (χ1v) is 9.98. The van der Waals surface area contributed by atoms with Gasteiger partial charge in [-0.3, -0.25) is 9.78 Å². The molecular formula is C25H20F3N3O2. The van der Waals surface area contributed by atoms with E-state index in [1.807, 2.05) is 24.3 Å². The van der Waals surface area contributed by atoms with Crippen molar-refractivity contribution in [3.05, 3.63) is 101 Å². The summed E-state index contributed by atoms with van der Waals surface area (Å²) >= 11 is 0. The monoisotopic (exact) mass is 451 g/mol. The van der Waals surface area contributed by atoms with Crippen molar-refractivity contribution in [1.82, 2.24) is 9.88 Å². The predicted molar refractivity (Wildman–Crippen MR) is 117 cm³/mol. The molecule has 0 saturated heterocycles. The van der Waals surface area contributed by atoms with Gasteiger partial charge in [0.15, 0.2) is 0 Å². The first-order chi connectivity index (χ1) is 15.8. The Labute approximate surface area is 189 Å². The number of pyridine rings is 1. The summed E-state index contributed by atoms with van der Waals surface area (Å²) in [6.07, 6.45) is -0.304. The van der Waals surface area contributed by atoms with Crippen molar-refractivity contribution in [3.63, 3.8) is 0 Å². The summed E-state index contributed by atoms with van der Waals surface area (Å²) in [7, 11) is 0. The molecule has 0 bridgehead atoms. The van der Waals surface area contributed by atoms with Crippen LogP contribution in [0.15, 0.2) is 79.0 Å². The molecule has 0 atom stereocenters. The van der Waals surface area contributed by atoms with Crippen LogP contribution in [0.25, 0.3) is 6.08 Å². The van der Waals surface area contributed by atoms with E-state index in [0.717, 1.165) is 11.8 Å². The van der Waals surface area contributed by atoms with Gasteiger partial charge in [0.1, 0.15) is 18.9 Å². The van der Waals surface area contributed by atoms with Crippen LogP contribution in [0.1, 0.15) is 22.4 Å². The van der Waals surface area contributed by atoms with Gasteiger partial charge < -0.3 is 9.64 Å². The van der Waals surface area contributed by atoms with Crippen molar-refractivity contribution in [2.45, 2.75) is 19.3 Å². The van der Waals surface area contributed by atoms with Crippen molar-refractivity contribution in [2.75, 3.05) is 6.54 Å². The Bertz CT molecular complexity index is 1120. The Hall–Kier alpha value is -4.12. The average molecular weight is 451 g/mol. The number of nitriles is 1. The van der Waals surface area contributed by atoms with E-state index in [4.69, 9.17) is 10.00 Å². The second-order valence-electron chi connectivity index (χ2n) is 7.13. The SMILES string of the molecule is N#Cc1ccc(CN(CC(F)(F)F)C(=O)C=Cc2ccc(OCc3ccccn3)cc2)cc1. The number of aromatic nitrogens is 1. The van der Waals surface area contributed by atoms with Gasteiger partial charge in [-0.15, -0.1) is 0 Å². The van der Waals surface area contributed by atoms with Crippen molar-refractivity contribution < 1.29 is 22.7 Å². The lowest BCUT2D eigenvalue weighted by Gasteiger charge is -2.23. The van der Waals surface area contributed by atoms with Gasteiger partial charge in [-0.05, 0) is 53.6 Å². The number of ether oxygens (including phenoxy) is 1. The molecule has 0 spiro atoms. The molecule has 0 aliphatic carbocycles. The van der Waals surface area contributed by atoms with Crippen molar-refractivity contribution >= 4 is 12.0 Å². The molecule has 1 heterocycles. The molecule has 8 heteroatoms. The van der Waals surface area contributed by atoms with Crippen LogP contribution < -0.4 is 4.74 Å². The lowest BCUT2D eigenvalue weighted by Crippen LogP contribution is -2.37. The molecule has 168 valence electrons. The van der Waals surface area contributed by atoms with Crippen LogP contribution in [0.2, 0.25) is 0 Å². The van der Waals surface area contributed by atoms with Crippen LogP contribution in [0.4, 0.5) is 13.2 Å². The molecule has 0 fully saturated rings. The lowest BCUT2D eigenvalue weighted by molar-refractivity contribution is -0.159. The lowest BCUT2D eigenvalue weighted by atomic mass is 10.1. The fraction of sp³-hybridized carbons (Fsp3) is 0.160. The zero-order chi connectivity index (χ0) is 23.7. The van der Waals surface area contributed by atoms with Crippen molar-refractivity contribution in [1.29, 1.82) is 5.26 Å². The van der Waals surface area contributed by atoms with Crippen LogP contribution in [-0.4, -0.2) is 28.5 Å². The largest absolute Gasteiger partial charge is 0.487 e. The third-order valence-corrected chi connectivity index (χ3v) is 4.55. The second kappa shape index (κ2) is 11.0. The molecular weight excluding hydrogens is 431 g/mol. The molecule has 5 nitrogen and oxygen atoms in total. The molecule has 0 unspecified atom stereocenters. The van der Waals surface area contributed by atoms with E-state index in [0.29, 0.717) is 33.9 Å². The molecule has 1 aromatic heterocycles. The third kappa shape index (κ3) is 7.82. The van der Waals surface area contributed by atoms with Crippen LogP contribution in [0.5, 0.6) is 5.75 Å². The number of nitrogens with zero attached hydrogens (tertiary/aromatic N) is 3. The van der Waals surface area contributed by atoms with E-state index in [-0.39, 0.29) is 6.54 Å². The maximum absolute atomic E-state index is 13.0. The van der Waals surface area contributed by atoms with Crippen LogP contribution in [0, 0.1) is 11.3 Å². The highest BCUT2D eigenvalue weighted by atomic mass is 19.4. The number of hydrogen-bond donors (Lipinski definition) is 0. The standard InChI is InChI=1S/C25H20F3N3O2/c26-25(27,28)18-31(16-21-6-4-20(15-29)5-7-21)24(32)13-10-19-8-11-23(12-9-19)33-17-22-3-1-2-14-30-22/h1-14H,16-18H2. The summed E-state index contributed by atoms with van der Waals surface area (Å²) in [5.74, 6) is -0.171. The number of amides is 1. The highest BCUT2D eigenvalue weighted by Crippen LogP contribution is 2.20. The Kier molecular flexibility index (Phi) is 7.82. The minimum absolute atomic E-state index is 0.227. The van der Waals surface area contributed by atoms with Crippen molar-refractivity contribution in [3.8, 4) is 11.8 Å². The van der Waals surface area contributed by atoms with Gasteiger partial charge in [0, 0.05) is 18.8 Å². The molecule has 0 saturated carbocycles. The quantitative estimate of drug-likeness (QED) is 0.445. The molecule has 33 heavy (non-hydrogen) atoms. The molecule has 3 rings (SSSR count). The average Bonchev–Trinajstić information content (AvgIpc) is 2.82. The molecule has 0 radical (unpaired) electrons. The zero-order valence-corrected chi connectivity index (χ0v) is 17.5. The van der Waals surface area contributed by atoms with Gasteiger partial charge in [-0.2, -0.15) is 18.4 Å². The Balaban J connectivity index is 1.63. The summed E-state index contributed by atoms with van der Waals surface area (Å²) in [4.78, 5) is 17.4. The molecule has 0 N–H and O–H groups in total. The number of benzene rings is 2. The highest BCUT2D eigenvalue weighted by molar-refractivity contribution is 5.91. The minimum Gasteiger partial charge on any atom is -0.487 e. The van der Waals surface area contributed by atoms with Gasteiger partial charge in [0.2, 0.25) is 5.91 Å². The van der Waals surface area contributed by atoms with E-state index >= 15 is 0 Å². The van der Waals surface area contributed by atoms with Gasteiger partial charge in [0.05, 0.1) is 17.3 Å². The fourth-order valence-corrected chi connectivity index (χ4v) is 2.92. The minimum atomic E-state index is -4.54. The predicted octanol–water partition coefficient (Wildman–Crippen LogP) is 5.14. The van der Waals surface area contributed by atoms with Gasteiger partial charge >= 0.3 is 6.18 Å². The van der Waals surface area contributed by atoms with E-state index in [1.165, 1.54) is 30.3 Å². The number of hydrogen-bond acceptors (Lipinski definition) is 4. The van der Waals surface area contributed by atoms with Crippen LogP contribution in [-0.2, 0) is 17.9 Å². The Morgan fingerprint density at radius 2 is 1.79 bits per heavy atom. The van der Waals surface area contributed by atoms with Crippen LogP contribution in [0.3, 0.4) is 0 Å². The summed E-state index contributed by atoms with van der Waals surface area (Å²) in [5, 5.41) is 8.85. The van der Waals surface area contributed by atoms with Gasteiger partial charge in [-0.1, -0.05) is 30.3 Å².